The normalized spacial score (nSPS) is 16.4. The van der Waals surface area contributed by atoms with E-state index in [2.05, 4.69) is 10.6 Å². The van der Waals surface area contributed by atoms with Gasteiger partial charge in [0.1, 0.15) is 6.04 Å². The van der Waals surface area contributed by atoms with Gasteiger partial charge in [-0.25, -0.2) is 0 Å². The number of hydrogen-bond acceptors (Lipinski definition) is 3. The van der Waals surface area contributed by atoms with Crippen LogP contribution in [0.5, 0.6) is 0 Å². The summed E-state index contributed by atoms with van der Waals surface area (Å²) in [6.07, 6.45) is 2.99. The van der Waals surface area contributed by atoms with E-state index in [9.17, 15) is 27.9 Å². The van der Waals surface area contributed by atoms with Crippen molar-refractivity contribution in [1.29, 1.82) is 0 Å². The minimum atomic E-state index is -4.40. The Balaban J connectivity index is 1.59. The van der Waals surface area contributed by atoms with Gasteiger partial charge in [0.05, 0.1) is 12.2 Å². The van der Waals surface area contributed by atoms with Gasteiger partial charge in [-0.3, -0.25) is 9.59 Å². The molecule has 0 aliphatic heterocycles. The van der Waals surface area contributed by atoms with Crippen molar-refractivity contribution in [2.24, 2.45) is 0 Å². The largest absolute Gasteiger partial charge is 0.416 e. The first-order valence-electron chi connectivity index (χ1n) is 11.3. The lowest BCUT2D eigenvalue weighted by Crippen LogP contribution is -2.51. The van der Waals surface area contributed by atoms with Crippen LogP contribution in [0, 0.1) is 0 Å². The molecule has 5 nitrogen and oxygen atoms in total. The highest BCUT2D eigenvalue weighted by molar-refractivity contribution is 5.98. The number of hydrogen-bond donors (Lipinski definition) is 3. The molecule has 2 amide bonds. The quantitative estimate of drug-likeness (QED) is 0.583. The molecule has 0 radical (unpaired) electrons. The molecule has 3 N–H and O–H groups in total. The van der Waals surface area contributed by atoms with Crippen LogP contribution in [0.1, 0.15) is 60.9 Å². The molecule has 0 saturated heterocycles. The predicted molar refractivity (Wildman–Crippen MR) is 119 cm³/mol. The third-order valence-electron chi connectivity index (χ3n) is 5.95. The fraction of sp³-hybridized carbons (Fsp3) is 0.440. The van der Waals surface area contributed by atoms with Crippen LogP contribution in [0.15, 0.2) is 48.5 Å². The third-order valence-corrected chi connectivity index (χ3v) is 5.95. The van der Waals surface area contributed by atoms with Gasteiger partial charge in [0, 0.05) is 11.6 Å². The highest BCUT2D eigenvalue weighted by Crippen LogP contribution is 2.31. The van der Waals surface area contributed by atoms with E-state index >= 15 is 0 Å². The highest BCUT2D eigenvalue weighted by Gasteiger charge is 2.30. The molecule has 33 heavy (non-hydrogen) atoms. The van der Waals surface area contributed by atoms with Crippen molar-refractivity contribution in [2.75, 3.05) is 6.61 Å². The van der Waals surface area contributed by atoms with E-state index in [4.69, 9.17) is 0 Å². The van der Waals surface area contributed by atoms with Crippen LogP contribution in [0.4, 0.5) is 13.2 Å². The molecule has 0 aromatic heterocycles. The third kappa shape index (κ3) is 7.05. The molecule has 1 fully saturated rings. The maximum absolute atomic E-state index is 12.7. The van der Waals surface area contributed by atoms with Crippen LogP contribution < -0.4 is 10.6 Å². The van der Waals surface area contributed by atoms with Gasteiger partial charge < -0.3 is 15.7 Å². The van der Waals surface area contributed by atoms with Crippen LogP contribution >= 0.6 is 0 Å². The van der Waals surface area contributed by atoms with Crippen LogP contribution in [-0.4, -0.2) is 35.6 Å². The fourth-order valence-electron chi connectivity index (χ4n) is 4.00. The second-order valence-corrected chi connectivity index (χ2v) is 8.41. The molecule has 8 heteroatoms. The van der Waals surface area contributed by atoms with Crippen molar-refractivity contribution in [3.8, 4) is 11.1 Å². The summed E-state index contributed by atoms with van der Waals surface area (Å²) in [6, 6.07) is 10.1. The van der Waals surface area contributed by atoms with E-state index in [1.165, 1.54) is 30.7 Å². The summed E-state index contributed by atoms with van der Waals surface area (Å²) >= 11 is 0. The van der Waals surface area contributed by atoms with Crippen molar-refractivity contribution in [3.05, 3.63) is 59.7 Å². The first kappa shape index (κ1) is 24.8. The standard InChI is InChI=1S/C25H29F3N2O3/c26-25(27,28)20-14-12-18(13-15-20)17-8-10-19(11-9-17)23(32)30-22(16-31)24(33)29-21-6-4-2-1-3-5-7-21/h8-15,21-22,31H,1-7,16H2,(H,29,33)(H,30,32)/t22-/m0/s1. The SMILES string of the molecule is O=C(N[C@@H](CO)C(=O)NC1CCCCCCC1)c1ccc(-c2ccc(C(F)(F)F)cc2)cc1. The Morgan fingerprint density at radius 2 is 1.39 bits per heavy atom. The zero-order valence-electron chi connectivity index (χ0n) is 18.3. The van der Waals surface area contributed by atoms with Crippen molar-refractivity contribution in [2.45, 2.75) is 63.2 Å². The highest BCUT2D eigenvalue weighted by atomic mass is 19.4. The zero-order valence-corrected chi connectivity index (χ0v) is 18.3. The second kappa shape index (κ2) is 11.3. The number of carbonyl (C=O) groups is 2. The molecule has 1 aliphatic rings. The van der Waals surface area contributed by atoms with Gasteiger partial charge in [-0.1, -0.05) is 56.4 Å². The Labute approximate surface area is 191 Å². The van der Waals surface area contributed by atoms with E-state index in [1.807, 2.05) is 0 Å². The number of aliphatic hydroxyl groups excluding tert-OH is 1. The Morgan fingerprint density at radius 1 is 0.879 bits per heavy atom. The smallest absolute Gasteiger partial charge is 0.394 e. The summed E-state index contributed by atoms with van der Waals surface area (Å²) in [5.74, 6) is -0.918. The van der Waals surface area contributed by atoms with Gasteiger partial charge in [0.25, 0.3) is 5.91 Å². The molecule has 0 bridgehead atoms. The molecule has 1 saturated carbocycles. The van der Waals surface area contributed by atoms with Crippen LogP contribution in [0.25, 0.3) is 11.1 Å². The number of halogens is 3. The van der Waals surface area contributed by atoms with Gasteiger partial charge >= 0.3 is 6.18 Å². The molecular formula is C25H29F3N2O3. The summed E-state index contributed by atoms with van der Waals surface area (Å²) in [5, 5.41) is 15.1. The maximum atomic E-state index is 12.7. The first-order valence-corrected chi connectivity index (χ1v) is 11.3. The topological polar surface area (TPSA) is 78.4 Å². The van der Waals surface area contributed by atoms with E-state index < -0.39 is 36.2 Å². The molecule has 0 heterocycles. The van der Waals surface area contributed by atoms with Crippen molar-refractivity contribution >= 4 is 11.8 Å². The van der Waals surface area contributed by atoms with Crippen LogP contribution in [-0.2, 0) is 11.0 Å². The number of aliphatic hydroxyl groups is 1. The predicted octanol–water partition coefficient (Wildman–Crippen LogP) is 4.69. The Bertz CT molecular complexity index is 919. The van der Waals surface area contributed by atoms with Gasteiger partial charge in [-0.05, 0) is 48.2 Å². The average molecular weight is 463 g/mol. The van der Waals surface area contributed by atoms with E-state index in [-0.39, 0.29) is 11.6 Å². The number of benzene rings is 2. The summed E-state index contributed by atoms with van der Waals surface area (Å²) in [7, 11) is 0. The van der Waals surface area contributed by atoms with E-state index in [0.29, 0.717) is 11.1 Å². The molecule has 1 aliphatic carbocycles. The summed E-state index contributed by atoms with van der Waals surface area (Å²) in [6.45, 7) is -0.520. The first-order chi connectivity index (χ1) is 15.8. The molecule has 0 unspecified atom stereocenters. The number of amides is 2. The Hall–Kier alpha value is -2.87. The number of rotatable bonds is 6. The van der Waals surface area contributed by atoms with Gasteiger partial charge in [0.2, 0.25) is 5.91 Å². The monoisotopic (exact) mass is 462 g/mol. The molecule has 178 valence electrons. The molecule has 1 atom stereocenters. The maximum Gasteiger partial charge on any atom is 0.416 e. The zero-order chi connectivity index (χ0) is 23.8. The molecule has 3 rings (SSSR count). The average Bonchev–Trinajstić information content (AvgIpc) is 2.78. The second-order valence-electron chi connectivity index (χ2n) is 8.41. The summed E-state index contributed by atoms with van der Waals surface area (Å²) in [5.41, 5.74) is 0.792. The summed E-state index contributed by atoms with van der Waals surface area (Å²) < 4.78 is 38.2. The number of nitrogens with one attached hydrogen (secondary N) is 2. The minimum absolute atomic E-state index is 0.0479. The van der Waals surface area contributed by atoms with E-state index in [0.717, 1.165) is 50.7 Å². The van der Waals surface area contributed by atoms with Crippen molar-refractivity contribution < 1.29 is 27.9 Å². The number of carbonyl (C=O) groups excluding carboxylic acids is 2. The van der Waals surface area contributed by atoms with Crippen LogP contribution in [0.3, 0.4) is 0 Å². The fourth-order valence-corrected chi connectivity index (χ4v) is 4.00. The lowest BCUT2D eigenvalue weighted by molar-refractivity contribution is -0.137. The molecule has 2 aromatic carbocycles. The van der Waals surface area contributed by atoms with Crippen molar-refractivity contribution in [1.82, 2.24) is 10.6 Å². The lowest BCUT2D eigenvalue weighted by atomic mass is 9.96. The minimum Gasteiger partial charge on any atom is -0.394 e. The Morgan fingerprint density at radius 3 is 1.91 bits per heavy atom. The molecule has 0 spiro atoms. The van der Waals surface area contributed by atoms with Crippen LogP contribution in [0.2, 0.25) is 0 Å². The lowest BCUT2D eigenvalue weighted by Gasteiger charge is -2.24. The number of alkyl halides is 3. The Kier molecular flexibility index (Phi) is 8.49. The van der Waals surface area contributed by atoms with Crippen molar-refractivity contribution in [3.63, 3.8) is 0 Å². The van der Waals surface area contributed by atoms with Gasteiger partial charge in [-0.2, -0.15) is 13.2 Å². The summed E-state index contributed by atoms with van der Waals surface area (Å²) in [4.78, 5) is 25.2. The molecular weight excluding hydrogens is 433 g/mol. The van der Waals surface area contributed by atoms with E-state index in [1.54, 1.807) is 12.1 Å². The van der Waals surface area contributed by atoms with Gasteiger partial charge in [0.15, 0.2) is 0 Å². The van der Waals surface area contributed by atoms with Gasteiger partial charge in [-0.15, -0.1) is 0 Å². The molecule has 2 aromatic rings.